The van der Waals surface area contributed by atoms with E-state index in [4.69, 9.17) is 15.2 Å². The number of aromatic nitrogens is 1. The molecule has 0 aliphatic rings. The standard InChI is InChI=1S/C11H17N3O3/c1-7(6-16-3)17-10-5-13-11(4-9(10)12)14-8(2)15/h4-5,7H,6H2,1-3H3,(H3,12,13,14,15). The molecule has 1 heterocycles. The number of hydrogen-bond donors (Lipinski definition) is 2. The summed E-state index contributed by atoms with van der Waals surface area (Å²) in [6.07, 6.45) is 1.36. The van der Waals surface area contributed by atoms with Gasteiger partial charge in [-0.05, 0) is 6.92 Å². The third kappa shape index (κ3) is 4.28. The minimum atomic E-state index is -0.196. The molecule has 1 aromatic rings. The minimum Gasteiger partial charge on any atom is -0.485 e. The van der Waals surface area contributed by atoms with E-state index in [2.05, 4.69) is 10.3 Å². The first-order chi connectivity index (χ1) is 8.02. The van der Waals surface area contributed by atoms with E-state index in [1.54, 1.807) is 13.2 Å². The van der Waals surface area contributed by atoms with E-state index < -0.39 is 0 Å². The molecule has 94 valence electrons. The molecule has 6 heteroatoms. The van der Waals surface area contributed by atoms with E-state index in [0.717, 1.165) is 0 Å². The molecule has 1 rings (SSSR count). The van der Waals surface area contributed by atoms with Crippen molar-refractivity contribution in [3.05, 3.63) is 12.3 Å². The fourth-order valence-electron chi connectivity index (χ4n) is 1.29. The maximum Gasteiger partial charge on any atom is 0.222 e. The van der Waals surface area contributed by atoms with Crippen LogP contribution in [0.2, 0.25) is 0 Å². The quantitative estimate of drug-likeness (QED) is 0.801. The number of carbonyl (C=O) groups excluding carboxylic acids is 1. The number of amides is 1. The lowest BCUT2D eigenvalue weighted by Crippen LogP contribution is -2.19. The third-order valence-corrected chi connectivity index (χ3v) is 1.93. The number of ether oxygens (including phenoxy) is 2. The maximum absolute atomic E-state index is 10.8. The average molecular weight is 239 g/mol. The summed E-state index contributed by atoms with van der Waals surface area (Å²) in [5, 5.41) is 2.54. The Morgan fingerprint density at radius 3 is 2.88 bits per heavy atom. The molecular weight excluding hydrogens is 222 g/mol. The van der Waals surface area contributed by atoms with E-state index in [9.17, 15) is 4.79 Å². The number of nitrogens with one attached hydrogen (secondary N) is 1. The number of carbonyl (C=O) groups is 1. The normalized spacial score (nSPS) is 11.9. The molecule has 0 saturated carbocycles. The van der Waals surface area contributed by atoms with Gasteiger partial charge in [0.25, 0.3) is 0 Å². The molecule has 1 unspecified atom stereocenters. The predicted molar refractivity (Wildman–Crippen MR) is 64.9 cm³/mol. The van der Waals surface area contributed by atoms with E-state index in [0.29, 0.717) is 23.9 Å². The molecule has 0 aromatic carbocycles. The fraction of sp³-hybridized carbons (Fsp3) is 0.455. The van der Waals surface area contributed by atoms with E-state index in [1.807, 2.05) is 6.92 Å². The second-order valence-electron chi connectivity index (χ2n) is 3.67. The molecule has 0 bridgehead atoms. The highest BCUT2D eigenvalue weighted by Gasteiger charge is 2.08. The third-order valence-electron chi connectivity index (χ3n) is 1.93. The average Bonchev–Trinajstić information content (AvgIpc) is 2.21. The highest BCUT2D eigenvalue weighted by molar-refractivity contribution is 5.88. The molecule has 0 aliphatic carbocycles. The Kier molecular flexibility index (Phi) is 4.71. The molecule has 17 heavy (non-hydrogen) atoms. The van der Waals surface area contributed by atoms with Gasteiger partial charge in [0.1, 0.15) is 11.9 Å². The maximum atomic E-state index is 10.8. The van der Waals surface area contributed by atoms with Gasteiger partial charge in [-0.25, -0.2) is 4.98 Å². The van der Waals surface area contributed by atoms with Crippen LogP contribution in [0, 0.1) is 0 Å². The van der Waals surface area contributed by atoms with Crippen molar-refractivity contribution in [3.63, 3.8) is 0 Å². The highest BCUT2D eigenvalue weighted by atomic mass is 16.5. The lowest BCUT2D eigenvalue weighted by Gasteiger charge is -2.15. The SMILES string of the molecule is COCC(C)Oc1cnc(NC(C)=O)cc1N. The summed E-state index contributed by atoms with van der Waals surface area (Å²) in [5.41, 5.74) is 6.21. The number of rotatable bonds is 5. The van der Waals surface area contributed by atoms with Crippen LogP contribution >= 0.6 is 0 Å². The van der Waals surface area contributed by atoms with Gasteiger partial charge in [-0.15, -0.1) is 0 Å². The number of methoxy groups -OCH3 is 1. The van der Waals surface area contributed by atoms with Crippen LogP contribution in [-0.4, -0.2) is 30.7 Å². The highest BCUT2D eigenvalue weighted by Crippen LogP contribution is 2.23. The zero-order chi connectivity index (χ0) is 12.8. The second kappa shape index (κ2) is 6.05. The van der Waals surface area contributed by atoms with Crippen LogP contribution in [0.15, 0.2) is 12.3 Å². The number of pyridine rings is 1. The first kappa shape index (κ1) is 13.2. The molecule has 0 radical (unpaired) electrons. The van der Waals surface area contributed by atoms with E-state index in [-0.39, 0.29) is 12.0 Å². The van der Waals surface area contributed by atoms with Crippen molar-refractivity contribution in [2.45, 2.75) is 20.0 Å². The van der Waals surface area contributed by atoms with Crippen LogP contribution in [0.25, 0.3) is 0 Å². The number of anilines is 2. The Labute approximate surface area is 100 Å². The smallest absolute Gasteiger partial charge is 0.222 e. The monoisotopic (exact) mass is 239 g/mol. The molecular formula is C11H17N3O3. The van der Waals surface area contributed by atoms with Gasteiger partial charge in [0.15, 0.2) is 5.75 Å². The number of nitrogens with zero attached hydrogens (tertiary/aromatic N) is 1. The molecule has 6 nitrogen and oxygen atoms in total. The number of hydrogen-bond acceptors (Lipinski definition) is 5. The first-order valence-electron chi connectivity index (χ1n) is 5.21. The molecule has 1 aromatic heterocycles. The van der Waals surface area contributed by atoms with Crippen molar-refractivity contribution in [2.24, 2.45) is 0 Å². The lowest BCUT2D eigenvalue weighted by molar-refractivity contribution is -0.114. The van der Waals surface area contributed by atoms with Gasteiger partial charge in [-0.3, -0.25) is 4.79 Å². The topological polar surface area (TPSA) is 86.5 Å². The van der Waals surface area contributed by atoms with Gasteiger partial charge < -0.3 is 20.5 Å². The van der Waals surface area contributed by atoms with Crippen molar-refractivity contribution in [1.82, 2.24) is 4.98 Å². The van der Waals surface area contributed by atoms with Gasteiger partial charge >= 0.3 is 0 Å². The molecule has 0 saturated heterocycles. The summed E-state index contributed by atoms with van der Waals surface area (Å²) in [4.78, 5) is 14.8. The van der Waals surface area contributed by atoms with Crippen LogP contribution < -0.4 is 15.8 Å². The van der Waals surface area contributed by atoms with Crippen molar-refractivity contribution in [1.29, 1.82) is 0 Å². The zero-order valence-electron chi connectivity index (χ0n) is 10.2. The summed E-state index contributed by atoms with van der Waals surface area (Å²) < 4.78 is 10.5. The fourth-order valence-corrected chi connectivity index (χ4v) is 1.29. The van der Waals surface area contributed by atoms with E-state index >= 15 is 0 Å². The van der Waals surface area contributed by atoms with Crippen LogP contribution in [0.4, 0.5) is 11.5 Å². The number of nitrogen functional groups attached to an aromatic ring is 1. The Morgan fingerprint density at radius 1 is 1.65 bits per heavy atom. The van der Waals surface area contributed by atoms with Crippen molar-refractivity contribution in [3.8, 4) is 5.75 Å². The van der Waals surface area contributed by atoms with Gasteiger partial charge in [-0.2, -0.15) is 0 Å². The van der Waals surface area contributed by atoms with E-state index in [1.165, 1.54) is 13.1 Å². The van der Waals surface area contributed by atoms with Crippen molar-refractivity contribution >= 4 is 17.4 Å². The van der Waals surface area contributed by atoms with Crippen molar-refractivity contribution < 1.29 is 14.3 Å². The van der Waals surface area contributed by atoms with Gasteiger partial charge in [0, 0.05) is 20.1 Å². The van der Waals surface area contributed by atoms with Crippen LogP contribution in [-0.2, 0) is 9.53 Å². The van der Waals surface area contributed by atoms with Gasteiger partial charge in [0.2, 0.25) is 5.91 Å². The Balaban J connectivity index is 2.72. The first-order valence-corrected chi connectivity index (χ1v) is 5.21. The molecule has 0 spiro atoms. The zero-order valence-corrected chi connectivity index (χ0v) is 10.2. The predicted octanol–water partition coefficient (Wildman–Crippen LogP) is 1.04. The molecule has 0 fully saturated rings. The molecule has 0 aliphatic heterocycles. The summed E-state index contributed by atoms with van der Waals surface area (Å²) in [5.74, 6) is 0.684. The molecule has 1 amide bonds. The molecule has 1 atom stereocenters. The Morgan fingerprint density at radius 2 is 2.35 bits per heavy atom. The minimum absolute atomic E-state index is 0.115. The summed E-state index contributed by atoms with van der Waals surface area (Å²) in [6, 6.07) is 1.55. The summed E-state index contributed by atoms with van der Waals surface area (Å²) in [6.45, 7) is 3.74. The largest absolute Gasteiger partial charge is 0.485 e. The van der Waals surface area contributed by atoms with Crippen molar-refractivity contribution in [2.75, 3.05) is 24.8 Å². The van der Waals surface area contributed by atoms with Gasteiger partial charge in [0.05, 0.1) is 18.5 Å². The lowest BCUT2D eigenvalue weighted by atomic mass is 10.3. The Bertz CT molecular complexity index is 396. The second-order valence-corrected chi connectivity index (χ2v) is 3.67. The summed E-state index contributed by atoms with van der Waals surface area (Å²) >= 11 is 0. The van der Waals surface area contributed by atoms with Crippen LogP contribution in [0.5, 0.6) is 5.75 Å². The van der Waals surface area contributed by atoms with Crippen LogP contribution in [0.3, 0.4) is 0 Å². The number of nitrogens with two attached hydrogens (primary N) is 1. The molecule has 3 N–H and O–H groups in total. The Hall–Kier alpha value is -1.82. The van der Waals surface area contributed by atoms with Crippen LogP contribution in [0.1, 0.15) is 13.8 Å². The summed E-state index contributed by atoms with van der Waals surface area (Å²) in [7, 11) is 1.60. The van der Waals surface area contributed by atoms with Gasteiger partial charge in [-0.1, -0.05) is 0 Å².